The highest BCUT2D eigenvalue weighted by Crippen LogP contribution is 2.27. The summed E-state index contributed by atoms with van der Waals surface area (Å²) in [5.74, 6) is -1.20. The molecule has 1 heterocycles. The minimum absolute atomic E-state index is 0.0349. The first-order valence-corrected chi connectivity index (χ1v) is 13.3. The molecular weight excluding hydrogens is 542 g/mol. The van der Waals surface area contributed by atoms with Gasteiger partial charge in [0.1, 0.15) is 5.82 Å². The summed E-state index contributed by atoms with van der Waals surface area (Å²) in [6.45, 7) is 1.33. The fraction of sp³-hybridized carbons (Fsp3) is 0.0370. The predicted molar refractivity (Wildman–Crippen MR) is 149 cm³/mol. The molecule has 0 spiro atoms. The van der Waals surface area contributed by atoms with Crippen LogP contribution in [0.25, 0.3) is 11.1 Å². The van der Waals surface area contributed by atoms with Crippen LogP contribution < -0.4 is 21.1 Å². The van der Waals surface area contributed by atoms with Crippen LogP contribution >= 0.6 is 11.6 Å². The maximum Gasteiger partial charge on any atom is 0.259 e. The average molecular weight is 564 g/mol. The van der Waals surface area contributed by atoms with Crippen molar-refractivity contribution in [2.75, 3.05) is 16.0 Å². The molecule has 12 heteroatoms. The van der Waals surface area contributed by atoms with Crippen LogP contribution in [0.15, 0.2) is 90.0 Å². The maximum atomic E-state index is 13.1. The normalized spacial score (nSPS) is 10.9. The molecule has 3 aromatic carbocycles. The van der Waals surface area contributed by atoms with Crippen molar-refractivity contribution >= 4 is 56.5 Å². The average Bonchev–Trinajstić information content (AvgIpc) is 2.90. The Hall–Kier alpha value is -4.58. The van der Waals surface area contributed by atoms with Crippen LogP contribution in [0.1, 0.15) is 27.6 Å². The SMILES string of the molecule is CC(=O)Nc1ccc(NC(=O)c2ccc(-c3ccccc3S(N)(=O)=O)cc2)c(C(=O)Nc2ccc(Cl)cn2)c1. The molecule has 0 aliphatic carbocycles. The van der Waals surface area contributed by atoms with Gasteiger partial charge in [0.25, 0.3) is 11.8 Å². The van der Waals surface area contributed by atoms with Crippen molar-refractivity contribution in [3.63, 3.8) is 0 Å². The van der Waals surface area contributed by atoms with Gasteiger partial charge in [-0.3, -0.25) is 14.4 Å². The number of amides is 3. The third-order valence-electron chi connectivity index (χ3n) is 5.45. The van der Waals surface area contributed by atoms with Crippen molar-refractivity contribution in [3.8, 4) is 11.1 Å². The Morgan fingerprint density at radius 3 is 2.21 bits per heavy atom. The zero-order valence-corrected chi connectivity index (χ0v) is 22.0. The molecule has 4 rings (SSSR count). The highest BCUT2D eigenvalue weighted by atomic mass is 35.5. The standard InChI is InChI=1S/C27H22ClN5O5S/c1-16(34)31-20-11-12-23(22(14-20)27(36)33-25-13-10-19(28)15-30-25)32-26(35)18-8-6-17(7-9-18)21-4-2-3-5-24(21)39(29,37)38/h2-15H,1H3,(H,31,34)(H,32,35)(H2,29,37,38)(H,30,33,36). The molecule has 0 aliphatic rings. The number of carbonyl (C=O) groups excluding carboxylic acids is 3. The number of aromatic nitrogens is 1. The number of anilines is 3. The van der Waals surface area contributed by atoms with Crippen molar-refractivity contribution in [2.45, 2.75) is 11.8 Å². The van der Waals surface area contributed by atoms with Crippen molar-refractivity contribution in [3.05, 3.63) is 101 Å². The lowest BCUT2D eigenvalue weighted by Gasteiger charge is -2.14. The van der Waals surface area contributed by atoms with Crippen molar-refractivity contribution in [1.82, 2.24) is 4.98 Å². The van der Waals surface area contributed by atoms with Gasteiger partial charge >= 0.3 is 0 Å². The number of pyridine rings is 1. The Kier molecular flexibility index (Phi) is 8.05. The van der Waals surface area contributed by atoms with Gasteiger partial charge in [0.2, 0.25) is 15.9 Å². The van der Waals surface area contributed by atoms with Crippen molar-refractivity contribution < 1.29 is 22.8 Å². The van der Waals surface area contributed by atoms with Crippen molar-refractivity contribution in [2.24, 2.45) is 5.14 Å². The second-order valence-corrected chi connectivity index (χ2v) is 10.3. The summed E-state index contributed by atoms with van der Waals surface area (Å²) >= 11 is 5.85. The Morgan fingerprint density at radius 2 is 1.56 bits per heavy atom. The van der Waals surface area contributed by atoms with E-state index in [0.29, 0.717) is 21.8 Å². The number of carbonyl (C=O) groups is 3. The number of nitrogens with two attached hydrogens (primary N) is 1. The van der Waals surface area contributed by atoms with E-state index >= 15 is 0 Å². The highest BCUT2D eigenvalue weighted by molar-refractivity contribution is 7.89. The van der Waals surface area contributed by atoms with Gasteiger partial charge < -0.3 is 16.0 Å². The molecule has 0 atom stereocenters. The number of hydrogen-bond acceptors (Lipinski definition) is 6. The lowest BCUT2D eigenvalue weighted by atomic mass is 10.0. The number of sulfonamides is 1. The number of nitrogens with one attached hydrogen (secondary N) is 3. The van der Waals surface area contributed by atoms with Crippen LogP contribution in [0.5, 0.6) is 0 Å². The lowest BCUT2D eigenvalue weighted by Crippen LogP contribution is -2.19. The molecule has 3 amide bonds. The van der Waals surface area contributed by atoms with E-state index in [0.717, 1.165) is 0 Å². The Morgan fingerprint density at radius 1 is 0.846 bits per heavy atom. The van der Waals surface area contributed by atoms with E-state index in [9.17, 15) is 22.8 Å². The highest BCUT2D eigenvalue weighted by Gasteiger charge is 2.18. The summed E-state index contributed by atoms with van der Waals surface area (Å²) in [7, 11) is -3.95. The third kappa shape index (κ3) is 6.85. The molecule has 0 fully saturated rings. The molecule has 1 aromatic heterocycles. The lowest BCUT2D eigenvalue weighted by molar-refractivity contribution is -0.114. The largest absolute Gasteiger partial charge is 0.326 e. The fourth-order valence-electron chi connectivity index (χ4n) is 3.70. The Bertz CT molecular complexity index is 1670. The summed E-state index contributed by atoms with van der Waals surface area (Å²) in [5, 5.41) is 13.7. The van der Waals surface area contributed by atoms with E-state index in [1.54, 1.807) is 42.5 Å². The molecular formula is C27H22ClN5O5S. The van der Waals surface area contributed by atoms with E-state index in [1.807, 2.05) is 0 Å². The number of hydrogen-bond donors (Lipinski definition) is 4. The maximum absolute atomic E-state index is 13.1. The molecule has 5 N–H and O–H groups in total. The van der Waals surface area contributed by atoms with Crippen LogP contribution in [0.3, 0.4) is 0 Å². The smallest absolute Gasteiger partial charge is 0.259 e. The summed E-state index contributed by atoms with van der Waals surface area (Å²) in [4.78, 5) is 41.7. The van der Waals surface area contributed by atoms with Crippen LogP contribution in [0.2, 0.25) is 5.02 Å². The summed E-state index contributed by atoms with van der Waals surface area (Å²) in [6, 6.07) is 20.0. The third-order valence-corrected chi connectivity index (χ3v) is 6.65. The van der Waals surface area contributed by atoms with Crippen LogP contribution in [-0.4, -0.2) is 31.1 Å². The molecule has 198 valence electrons. The number of halogens is 1. The second kappa shape index (κ2) is 11.4. The molecule has 39 heavy (non-hydrogen) atoms. The number of primary sulfonamides is 1. The molecule has 0 saturated carbocycles. The monoisotopic (exact) mass is 563 g/mol. The summed E-state index contributed by atoms with van der Waals surface area (Å²) < 4.78 is 23.9. The van der Waals surface area contributed by atoms with Gasteiger partial charge in [-0.1, -0.05) is 41.9 Å². The first-order valence-electron chi connectivity index (χ1n) is 11.4. The van der Waals surface area contributed by atoms with Crippen LogP contribution in [0, 0.1) is 0 Å². The van der Waals surface area contributed by atoms with Gasteiger partial charge in [-0.05, 0) is 54.1 Å². The molecule has 0 aliphatic heterocycles. The molecule has 0 unspecified atom stereocenters. The van der Waals surface area contributed by atoms with Gasteiger partial charge in [-0.25, -0.2) is 18.5 Å². The first kappa shape index (κ1) is 27.5. The van der Waals surface area contributed by atoms with E-state index in [1.165, 1.54) is 49.5 Å². The number of benzene rings is 3. The fourth-order valence-corrected chi connectivity index (χ4v) is 4.58. The van der Waals surface area contributed by atoms with Gasteiger partial charge in [-0.2, -0.15) is 0 Å². The molecule has 0 bridgehead atoms. The van der Waals surface area contributed by atoms with Gasteiger partial charge in [0.05, 0.1) is 21.2 Å². The zero-order chi connectivity index (χ0) is 28.2. The van der Waals surface area contributed by atoms with Gasteiger partial charge in [-0.15, -0.1) is 0 Å². The Balaban J connectivity index is 1.60. The zero-order valence-electron chi connectivity index (χ0n) is 20.4. The molecule has 0 saturated heterocycles. The molecule has 4 aromatic rings. The topological polar surface area (TPSA) is 160 Å². The summed E-state index contributed by atoms with van der Waals surface area (Å²) in [6.07, 6.45) is 1.37. The summed E-state index contributed by atoms with van der Waals surface area (Å²) in [5.41, 5.74) is 1.81. The minimum atomic E-state index is -3.95. The van der Waals surface area contributed by atoms with Crippen LogP contribution in [-0.2, 0) is 14.8 Å². The van der Waals surface area contributed by atoms with E-state index < -0.39 is 21.8 Å². The van der Waals surface area contributed by atoms with Gasteiger partial charge in [0.15, 0.2) is 0 Å². The first-order chi connectivity index (χ1) is 18.5. The van der Waals surface area contributed by atoms with Crippen molar-refractivity contribution in [1.29, 1.82) is 0 Å². The quantitative estimate of drug-likeness (QED) is 0.259. The van der Waals surface area contributed by atoms with E-state index in [-0.39, 0.29) is 33.4 Å². The molecule has 0 radical (unpaired) electrons. The molecule has 10 nitrogen and oxygen atoms in total. The van der Waals surface area contributed by atoms with Crippen LogP contribution in [0.4, 0.5) is 17.2 Å². The van der Waals surface area contributed by atoms with E-state index in [4.69, 9.17) is 16.7 Å². The Labute approximate surface area is 229 Å². The van der Waals surface area contributed by atoms with Gasteiger partial charge in [0, 0.05) is 29.9 Å². The number of rotatable bonds is 7. The second-order valence-electron chi connectivity index (χ2n) is 8.33. The number of nitrogens with zero attached hydrogens (tertiary/aromatic N) is 1. The predicted octanol–water partition coefficient (Wildman–Crippen LogP) is 4.51. The van der Waals surface area contributed by atoms with E-state index in [2.05, 4.69) is 20.9 Å². The minimum Gasteiger partial charge on any atom is -0.326 e.